The van der Waals surface area contributed by atoms with E-state index in [0.29, 0.717) is 6.61 Å². The molecule has 100 valence electrons. The maximum Gasteiger partial charge on any atom is 0.0591 e. The van der Waals surface area contributed by atoms with Gasteiger partial charge in [0.1, 0.15) is 0 Å². The molecule has 0 heterocycles. The Morgan fingerprint density at radius 2 is 2.00 bits per heavy atom. The van der Waals surface area contributed by atoms with E-state index < -0.39 is 0 Å². The minimum atomic E-state index is 0.138. The third kappa shape index (κ3) is 5.66. The summed E-state index contributed by atoms with van der Waals surface area (Å²) in [6, 6.07) is 0. The van der Waals surface area contributed by atoms with Gasteiger partial charge in [0.05, 0.1) is 13.2 Å². The van der Waals surface area contributed by atoms with Gasteiger partial charge in [-0.25, -0.2) is 0 Å². The molecule has 1 fully saturated rings. The average Bonchev–Trinajstić information content (AvgIpc) is 2.39. The molecule has 0 amide bonds. The van der Waals surface area contributed by atoms with Crippen LogP contribution in [0.1, 0.15) is 38.5 Å². The van der Waals surface area contributed by atoms with Crippen molar-refractivity contribution in [2.75, 3.05) is 32.9 Å². The Bertz CT molecular complexity index is 200. The second-order valence-corrected chi connectivity index (χ2v) is 5.09. The van der Waals surface area contributed by atoms with Crippen molar-refractivity contribution in [3.8, 4) is 0 Å². The summed E-state index contributed by atoms with van der Waals surface area (Å²) in [6.45, 7) is 7.27. The molecule has 3 nitrogen and oxygen atoms in total. The van der Waals surface area contributed by atoms with Gasteiger partial charge in [-0.3, -0.25) is 0 Å². The van der Waals surface area contributed by atoms with Crippen molar-refractivity contribution in [2.24, 2.45) is 5.41 Å². The molecule has 1 aliphatic carbocycles. The fourth-order valence-corrected chi connectivity index (χ4v) is 2.46. The van der Waals surface area contributed by atoms with Crippen LogP contribution in [-0.4, -0.2) is 38.0 Å². The van der Waals surface area contributed by atoms with Crippen molar-refractivity contribution >= 4 is 0 Å². The Balaban J connectivity index is 2.05. The summed E-state index contributed by atoms with van der Waals surface area (Å²) in [7, 11) is 0. The van der Waals surface area contributed by atoms with Crippen LogP contribution in [0.15, 0.2) is 12.7 Å². The summed E-state index contributed by atoms with van der Waals surface area (Å²) in [5, 5.41) is 12.9. The maximum absolute atomic E-state index is 9.53. The standard InChI is InChI=1S/C14H27NO2/c1-2-3-10-17-11-9-15-12-14(13-16)7-5-4-6-8-14/h2,15-16H,1,3-13H2. The van der Waals surface area contributed by atoms with E-state index in [9.17, 15) is 5.11 Å². The predicted octanol–water partition coefficient (Wildman–Crippen LogP) is 2.11. The van der Waals surface area contributed by atoms with Gasteiger partial charge in [-0.15, -0.1) is 6.58 Å². The highest BCUT2D eigenvalue weighted by Crippen LogP contribution is 2.34. The van der Waals surface area contributed by atoms with Crippen molar-refractivity contribution in [3.05, 3.63) is 12.7 Å². The highest BCUT2D eigenvalue weighted by molar-refractivity contribution is 4.84. The Morgan fingerprint density at radius 3 is 2.65 bits per heavy atom. The van der Waals surface area contributed by atoms with Crippen LogP contribution >= 0.6 is 0 Å². The molecule has 1 rings (SSSR count). The lowest BCUT2D eigenvalue weighted by atomic mass is 9.74. The molecule has 0 spiro atoms. The Kier molecular flexibility index (Phi) is 7.49. The van der Waals surface area contributed by atoms with E-state index in [1.807, 2.05) is 6.08 Å². The Morgan fingerprint density at radius 1 is 1.24 bits per heavy atom. The summed E-state index contributed by atoms with van der Waals surface area (Å²) < 4.78 is 5.43. The quantitative estimate of drug-likeness (QED) is 0.480. The lowest BCUT2D eigenvalue weighted by molar-refractivity contribution is 0.0765. The van der Waals surface area contributed by atoms with Crippen molar-refractivity contribution in [3.63, 3.8) is 0 Å². The molecule has 0 aromatic heterocycles. The molecule has 0 aliphatic heterocycles. The van der Waals surface area contributed by atoms with Crippen LogP contribution in [0.2, 0.25) is 0 Å². The topological polar surface area (TPSA) is 41.5 Å². The summed E-state index contributed by atoms with van der Waals surface area (Å²) in [6.07, 6.45) is 8.96. The lowest BCUT2D eigenvalue weighted by Crippen LogP contribution is -2.40. The number of aliphatic hydroxyl groups excluding tert-OH is 1. The fourth-order valence-electron chi connectivity index (χ4n) is 2.46. The van der Waals surface area contributed by atoms with Crippen molar-refractivity contribution in [1.82, 2.24) is 5.32 Å². The molecule has 0 radical (unpaired) electrons. The zero-order chi connectivity index (χ0) is 12.4. The maximum atomic E-state index is 9.53. The molecule has 1 saturated carbocycles. The third-order valence-corrected chi connectivity index (χ3v) is 3.64. The van der Waals surface area contributed by atoms with Crippen LogP contribution in [0.25, 0.3) is 0 Å². The van der Waals surface area contributed by atoms with Gasteiger partial charge in [0.25, 0.3) is 0 Å². The Labute approximate surface area is 105 Å². The van der Waals surface area contributed by atoms with Gasteiger partial charge in [0.2, 0.25) is 0 Å². The molecular formula is C14H27NO2. The van der Waals surface area contributed by atoms with E-state index in [1.165, 1.54) is 19.3 Å². The van der Waals surface area contributed by atoms with Crippen LogP contribution < -0.4 is 5.32 Å². The van der Waals surface area contributed by atoms with E-state index >= 15 is 0 Å². The van der Waals surface area contributed by atoms with Gasteiger partial charge in [0.15, 0.2) is 0 Å². The molecule has 0 bridgehead atoms. The normalized spacial score (nSPS) is 19.1. The zero-order valence-electron chi connectivity index (χ0n) is 10.9. The first-order chi connectivity index (χ1) is 8.33. The molecule has 1 aliphatic rings. The van der Waals surface area contributed by atoms with Gasteiger partial charge >= 0.3 is 0 Å². The fraction of sp³-hybridized carbons (Fsp3) is 0.857. The highest BCUT2D eigenvalue weighted by atomic mass is 16.5. The lowest BCUT2D eigenvalue weighted by Gasteiger charge is -2.35. The van der Waals surface area contributed by atoms with Crippen LogP contribution in [0.3, 0.4) is 0 Å². The predicted molar refractivity (Wildman–Crippen MR) is 71.1 cm³/mol. The largest absolute Gasteiger partial charge is 0.396 e. The van der Waals surface area contributed by atoms with Crippen LogP contribution in [0.5, 0.6) is 0 Å². The van der Waals surface area contributed by atoms with Gasteiger partial charge in [0, 0.05) is 25.1 Å². The van der Waals surface area contributed by atoms with E-state index in [-0.39, 0.29) is 5.41 Å². The smallest absolute Gasteiger partial charge is 0.0591 e. The average molecular weight is 241 g/mol. The molecule has 0 atom stereocenters. The van der Waals surface area contributed by atoms with Gasteiger partial charge < -0.3 is 15.2 Å². The van der Waals surface area contributed by atoms with E-state index in [2.05, 4.69) is 11.9 Å². The molecule has 0 aromatic carbocycles. The van der Waals surface area contributed by atoms with Crippen LogP contribution in [-0.2, 0) is 4.74 Å². The molecule has 17 heavy (non-hydrogen) atoms. The van der Waals surface area contributed by atoms with Crippen molar-refractivity contribution in [2.45, 2.75) is 38.5 Å². The first-order valence-corrected chi connectivity index (χ1v) is 6.83. The molecule has 2 N–H and O–H groups in total. The van der Waals surface area contributed by atoms with Gasteiger partial charge in [-0.05, 0) is 19.3 Å². The Hall–Kier alpha value is -0.380. The molecular weight excluding hydrogens is 214 g/mol. The number of hydrogen-bond acceptors (Lipinski definition) is 3. The number of hydrogen-bond donors (Lipinski definition) is 2. The van der Waals surface area contributed by atoms with Crippen molar-refractivity contribution in [1.29, 1.82) is 0 Å². The first-order valence-electron chi connectivity index (χ1n) is 6.83. The second-order valence-electron chi connectivity index (χ2n) is 5.09. The van der Waals surface area contributed by atoms with E-state index in [0.717, 1.165) is 45.6 Å². The number of rotatable bonds is 9. The third-order valence-electron chi connectivity index (χ3n) is 3.64. The second kappa shape index (κ2) is 8.67. The minimum Gasteiger partial charge on any atom is -0.396 e. The number of aliphatic hydroxyl groups is 1. The van der Waals surface area contributed by atoms with E-state index in [4.69, 9.17) is 4.74 Å². The highest BCUT2D eigenvalue weighted by Gasteiger charge is 2.30. The number of nitrogens with one attached hydrogen (secondary N) is 1. The van der Waals surface area contributed by atoms with Crippen molar-refractivity contribution < 1.29 is 9.84 Å². The minimum absolute atomic E-state index is 0.138. The summed E-state index contributed by atoms with van der Waals surface area (Å²) in [5.74, 6) is 0. The molecule has 0 unspecified atom stereocenters. The molecule has 0 saturated heterocycles. The number of ether oxygens (including phenoxy) is 1. The van der Waals surface area contributed by atoms with Gasteiger partial charge in [-0.2, -0.15) is 0 Å². The van der Waals surface area contributed by atoms with Gasteiger partial charge in [-0.1, -0.05) is 25.3 Å². The SMILES string of the molecule is C=CCCOCCNCC1(CO)CCCCC1. The molecule has 3 heteroatoms. The first kappa shape index (κ1) is 14.7. The monoisotopic (exact) mass is 241 g/mol. The van der Waals surface area contributed by atoms with Crippen LogP contribution in [0.4, 0.5) is 0 Å². The van der Waals surface area contributed by atoms with Crippen LogP contribution in [0, 0.1) is 5.41 Å². The molecule has 0 aromatic rings. The van der Waals surface area contributed by atoms with E-state index in [1.54, 1.807) is 0 Å². The summed E-state index contributed by atoms with van der Waals surface area (Å²) in [5.41, 5.74) is 0.138. The summed E-state index contributed by atoms with van der Waals surface area (Å²) >= 11 is 0. The zero-order valence-corrected chi connectivity index (χ0v) is 10.9. The summed E-state index contributed by atoms with van der Waals surface area (Å²) in [4.78, 5) is 0.